The van der Waals surface area contributed by atoms with Gasteiger partial charge in [0.1, 0.15) is 23.9 Å². The van der Waals surface area contributed by atoms with Crippen LogP contribution in [0.3, 0.4) is 0 Å². The molecule has 0 saturated heterocycles. The van der Waals surface area contributed by atoms with E-state index in [1.807, 2.05) is 24.3 Å². The number of aryl methyl sites for hydroxylation is 1. The number of ether oxygens (including phenoxy) is 1. The summed E-state index contributed by atoms with van der Waals surface area (Å²) in [6.45, 7) is 10.7. The van der Waals surface area contributed by atoms with Gasteiger partial charge in [-0.25, -0.2) is 4.98 Å². The highest BCUT2D eigenvalue weighted by Gasteiger charge is 2.16. The molecule has 3 rings (SSSR count). The number of para-hydroxylation sites is 2. The normalized spacial score (nSPS) is 12.3. The molecular formula is C23H29N3O. The number of benzene rings is 2. The Hall–Kier alpha value is -2.62. The van der Waals surface area contributed by atoms with Crippen molar-refractivity contribution in [1.29, 1.82) is 0 Å². The Morgan fingerprint density at radius 3 is 2.74 bits per heavy atom. The zero-order chi connectivity index (χ0) is 19.2. The van der Waals surface area contributed by atoms with Crippen LogP contribution in [-0.4, -0.2) is 16.3 Å². The molecule has 1 heterocycles. The Morgan fingerprint density at radius 2 is 2.00 bits per heavy atom. The summed E-state index contributed by atoms with van der Waals surface area (Å²) in [6.07, 6.45) is 4.81. The number of imidazole rings is 1. The number of rotatable bonds is 9. The third-order valence-corrected chi connectivity index (χ3v) is 5.09. The minimum Gasteiger partial charge on any atom is -0.487 e. The lowest BCUT2D eigenvalue weighted by Crippen LogP contribution is -2.09. The van der Waals surface area contributed by atoms with Crippen molar-refractivity contribution in [2.24, 2.45) is 4.99 Å². The second-order valence-corrected chi connectivity index (χ2v) is 6.97. The fraction of sp³-hybridized carbons (Fsp3) is 0.391. The number of hydrogen-bond acceptors (Lipinski definition) is 3. The number of nitrogens with zero attached hydrogens (tertiary/aromatic N) is 3. The van der Waals surface area contributed by atoms with E-state index in [9.17, 15) is 0 Å². The van der Waals surface area contributed by atoms with Crippen molar-refractivity contribution in [3.8, 4) is 5.75 Å². The molecule has 3 aromatic rings. The summed E-state index contributed by atoms with van der Waals surface area (Å²) in [4.78, 5) is 8.83. The zero-order valence-electron chi connectivity index (χ0n) is 16.6. The molecule has 0 radical (unpaired) electrons. The van der Waals surface area contributed by atoms with Crippen LogP contribution in [0.4, 0.5) is 5.69 Å². The molecular weight excluding hydrogens is 334 g/mol. The first-order valence-corrected chi connectivity index (χ1v) is 9.83. The molecule has 0 amide bonds. The SMILES string of the molecule is C=Nc1ccccc1OCc1ccc2c(c1)nc(C)n2C(CC)CCCC. The van der Waals surface area contributed by atoms with E-state index >= 15 is 0 Å². The van der Waals surface area contributed by atoms with Gasteiger partial charge in [-0.2, -0.15) is 0 Å². The third-order valence-electron chi connectivity index (χ3n) is 5.09. The van der Waals surface area contributed by atoms with Crippen LogP contribution in [0.5, 0.6) is 5.75 Å². The molecule has 4 nitrogen and oxygen atoms in total. The van der Waals surface area contributed by atoms with Gasteiger partial charge in [-0.3, -0.25) is 4.99 Å². The Labute approximate surface area is 161 Å². The molecule has 0 fully saturated rings. The van der Waals surface area contributed by atoms with E-state index in [2.05, 4.69) is 55.2 Å². The summed E-state index contributed by atoms with van der Waals surface area (Å²) < 4.78 is 8.36. The zero-order valence-corrected chi connectivity index (χ0v) is 16.6. The van der Waals surface area contributed by atoms with Gasteiger partial charge in [0.2, 0.25) is 0 Å². The molecule has 1 atom stereocenters. The highest BCUT2D eigenvalue weighted by Crippen LogP contribution is 2.29. The van der Waals surface area contributed by atoms with E-state index in [1.54, 1.807) is 0 Å². The minimum absolute atomic E-state index is 0.488. The van der Waals surface area contributed by atoms with Crippen LogP contribution < -0.4 is 4.74 Å². The second kappa shape index (κ2) is 8.85. The maximum Gasteiger partial charge on any atom is 0.145 e. The summed E-state index contributed by atoms with van der Waals surface area (Å²) in [7, 11) is 0. The van der Waals surface area contributed by atoms with Crippen molar-refractivity contribution in [3.63, 3.8) is 0 Å². The summed E-state index contributed by atoms with van der Waals surface area (Å²) in [5.41, 5.74) is 4.12. The molecule has 0 bridgehead atoms. The quantitative estimate of drug-likeness (QED) is 0.413. The van der Waals surface area contributed by atoms with Crippen LogP contribution in [0.1, 0.15) is 57.0 Å². The summed E-state index contributed by atoms with van der Waals surface area (Å²) in [5.74, 6) is 1.84. The fourth-order valence-electron chi connectivity index (χ4n) is 3.64. The van der Waals surface area contributed by atoms with Gasteiger partial charge in [-0.1, -0.05) is 44.9 Å². The van der Waals surface area contributed by atoms with Crippen molar-refractivity contribution in [2.75, 3.05) is 0 Å². The number of aliphatic imine (C=N–C) groups is 1. The van der Waals surface area contributed by atoms with Crippen molar-refractivity contribution in [3.05, 3.63) is 53.9 Å². The lowest BCUT2D eigenvalue weighted by molar-refractivity contribution is 0.307. The first-order chi connectivity index (χ1) is 13.2. The van der Waals surface area contributed by atoms with Gasteiger partial charge in [0.25, 0.3) is 0 Å². The molecule has 2 aromatic carbocycles. The predicted octanol–water partition coefficient (Wildman–Crippen LogP) is 6.40. The first-order valence-electron chi connectivity index (χ1n) is 9.83. The van der Waals surface area contributed by atoms with Crippen LogP contribution in [0.2, 0.25) is 0 Å². The molecule has 0 N–H and O–H groups in total. The molecule has 1 unspecified atom stereocenters. The van der Waals surface area contributed by atoms with Crippen molar-refractivity contribution in [1.82, 2.24) is 9.55 Å². The van der Waals surface area contributed by atoms with Crippen molar-refractivity contribution < 1.29 is 4.74 Å². The Balaban J connectivity index is 1.83. The number of unbranched alkanes of at least 4 members (excludes halogenated alkanes) is 1. The van der Waals surface area contributed by atoms with Gasteiger partial charge in [0, 0.05) is 6.04 Å². The average molecular weight is 364 g/mol. The van der Waals surface area contributed by atoms with Crippen LogP contribution in [0, 0.1) is 6.92 Å². The van der Waals surface area contributed by atoms with Crippen molar-refractivity contribution >= 4 is 23.4 Å². The largest absolute Gasteiger partial charge is 0.487 e. The van der Waals surface area contributed by atoms with Crippen molar-refractivity contribution in [2.45, 2.75) is 59.1 Å². The van der Waals surface area contributed by atoms with Gasteiger partial charge in [-0.05, 0) is 56.3 Å². The summed E-state index contributed by atoms with van der Waals surface area (Å²) >= 11 is 0. The fourth-order valence-corrected chi connectivity index (χ4v) is 3.64. The monoisotopic (exact) mass is 363 g/mol. The van der Waals surface area contributed by atoms with Gasteiger partial charge < -0.3 is 9.30 Å². The maximum atomic E-state index is 5.95. The molecule has 1 aromatic heterocycles. The number of aromatic nitrogens is 2. The molecule has 0 aliphatic rings. The topological polar surface area (TPSA) is 39.4 Å². The molecule has 0 spiro atoms. The van der Waals surface area contributed by atoms with Gasteiger partial charge in [-0.15, -0.1) is 0 Å². The number of fused-ring (bicyclic) bond motifs is 1. The van der Waals surface area contributed by atoms with Crippen LogP contribution >= 0.6 is 0 Å². The van der Waals surface area contributed by atoms with Crippen LogP contribution in [0.15, 0.2) is 47.5 Å². The third kappa shape index (κ3) is 4.21. The maximum absolute atomic E-state index is 5.95. The molecule has 0 aliphatic heterocycles. The molecule has 27 heavy (non-hydrogen) atoms. The van der Waals surface area contributed by atoms with E-state index in [0.717, 1.165) is 34.8 Å². The van der Waals surface area contributed by atoms with E-state index < -0.39 is 0 Å². The highest BCUT2D eigenvalue weighted by molar-refractivity contribution is 5.77. The summed E-state index contributed by atoms with van der Waals surface area (Å²) in [6, 6.07) is 14.7. The molecule has 0 aliphatic carbocycles. The molecule has 142 valence electrons. The van der Waals surface area contributed by atoms with Crippen LogP contribution in [0.25, 0.3) is 11.0 Å². The Kier molecular flexibility index (Phi) is 6.28. The van der Waals surface area contributed by atoms with E-state index in [-0.39, 0.29) is 0 Å². The lowest BCUT2D eigenvalue weighted by atomic mass is 10.1. The highest BCUT2D eigenvalue weighted by atomic mass is 16.5. The average Bonchev–Trinajstić information content (AvgIpc) is 3.02. The smallest absolute Gasteiger partial charge is 0.145 e. The second-order valence-electron chi connectivity index (χ2n) is 6.97. The Bertz CT molecular complexity index is 913. The first kappa shape index (κ1) is 19.2. The predicted molar refractivity (Wildman–Crippen MR) is 113 cm³/mol. The lowest BCUT2D eigenvalue weighted by Gasteiger charge is -2.19. The van der Waals surface area contributed by atoms with E-state index in [4.69, 9.17) is 9.72 Å². The van der Waals surface area contributed by atoms with Gasteiger partial charge in [0.15, 0.2) is 0 Å². The van der Waals surface area contributed by atoms with Gasteiger partial charge >= 0.3 is 0 Å². The van der Waals surface area contributed by atoms with E-state index in [0.29, 0.717) is 12.6 Å². The minimum atomic E-state index is 0.488. The summed E-state index contributed by atoms with van der Waals surface area (Å²) in [5, 5.41) is 0. The standard InChI is InChI=1S/C23H29N3O/c1-5-7-10-19(6-2)26-17(3)25-21-15-18(13-14-22(21)26)16-27-23-12-9-8-11-20(23)24-4/h8-9,11-15,19H,4-7,10,16H2,1-3H3. The Morgan fingerprint density at radius 1 is 1.19 bits per heavy atom. The molecule has 0 saturated carbocycles. The van der Waals surface area contributed by atoms with Gasteiger partial charge in [0.05, 0.1) is 11.0 Å². The molecule has 4 heteroatoms. The van der Waals surface area contributed by atoms with Crippen LogP contribution in [-0.2, 0) is 6.61 Å². The van der Waals surface area contributed by atoms with E-state index in [1.165, 1.54) is 24.8 Å². The number of hydrogen-bond donors (Lipinski definition) is 0.